The SMILES string of the molecule is O=C(O)CCNC(=O)c1ccc(CN(CCc2cccc(C(F)(F)F)c2)c2nc(-c3ccccc3F)cs2)cc1. The number of carboxylic acid groups (broad SMARTS) is 1. The lowest BCUT2D eigenvalue weighted by atomic mass is 10.1. The molecule has 0 saturated carbocycles. The largest absolute Gasteiger partial charge is 0.481 e. The van der Waals surface area contributed by atoms with Crippen molar-refractivity contribution in [3.63, 3.8) is 0 Å². The van der Waals surface area contributed by atoms with Gasteiger partial charge in [0.25, 0.3) is 5.91 Å². The number of nitrogens with zero attached hydrogens (tertiary/aromatic N) is 2. The Morgan fingerprint density at radius 3 is 2.42 bits per heavy atom. The zero-order valence-corrected chi connectivity index (χ0v) is 21.9. The van der Waals surface area contributed by atoms with Gasteiger partial charge in [0.2, 0.25) is 0 Å². The van der Waals surface area contributed by atoms with Crippen molar-refractivity contribution in [2.24, 2.45) is 0 Å². The first-order valence-corrected chi connectivity index (χ1v) is 13.2. The van der Waals surface area contributed by atoms with Crippen molar-refractivity contribution >= 4 is 28.3 Å². The van der Waals surface area contributed by atoms with Crippen molar-refractivity contribution < 1.29 is 32.3 Å². The normalized spacial score (nSPS) is 11.3. The third-order valence-electron chi connectivity index (χ3n) is 6.05. The molecule has 0 aliphatic rings. The summed E-state index contributed by atoms with van der Waals surface area (Å²) in [5.74, 6) is -1.82. The zero-order chi connectivity index (χ0) is 28.7. The number of nitrogens with one attached hydrogen (secondary N) is 1. The highest BCUT2D eigenvalue weighted by molar-refractivity contribution is 7.14. The summed E-state index contributed by atoms with van der Waals surface area (Å²) in [6.45, 7) is 0.681. The average molecular weight is 572 g/mol. The Kier molecular flexibility index (Phi) is 9.15. The summed E-state index contributed by atoms with van der Waals surface area (Å²) in [7, 11) is 0. The van der Waals surface area contributed by atoms with Crippen molar-refractivity contribution in [3.05, 3.63) is 106 Å². The highest BCUT2D eigenvalue weighted by atomic mass is 32.1. The second-order valence-corrected chi connectivity index (χ2v) is 9.80. The molecular formula is C29H25F4N3O3S. The van der Waals surface area contributed by atoms with Crippen LogP contribution >= 0.6 is 11.3 Å². The number of benzene rings is 3. The van der Waals surface area contributed by atoms with Crippen molar-refractivity contribution in [3.8, 4) is 11.3 Å². The molecule has 208 valence electrons. The summed E-state index contributed by atoms with van der Waals surface area (Å²) in [4.78, 5) is 29.4. The topological polar surface area (TPSA) is 82.5 Å². The number of carbonyl (C=O) groups excluding carboxylic acids is 1. The lowest BCUT2D eigenvalue weighted by Crippen LogP contribution is -2.26. The Bertz CT molecular complexity index is 1470. The number of hydrogen-bond acceptors (Lipinski definition) is 5. The minimum atomic E-state index is -4.44. The van der Waals surface area contributed by atoms with Gasteiger partial charge in [0, 0.05) is 36.1 Å². The molecule has 1 amide bonds. The third kappa shape index (κ3) is 7.66. The monoisotopic (exact) mass is 571 g/mol. The molecule has 6 nitrogen and oxygen atoms in total. The van der Waals surface area contributed by atoms with E-state index in [1.165, 1.54) is 23.5 Å². The van der Waals surface area contributed by atoms with E-state index in [-0.39, 0.29) is 13.0 Å². The van der Waals surface area contributed by atoms with Crippen LogP contribution in [0.1, 0.15) is 33.5 Å². The molecule has 0 saturated heterocycles. The first kappa shape index (κ1) is 28.8. The Balaban J connectivity index is 1.53. The molecule has 0 aliphatic heterocycles. The number of aliphatic carboxylic acids is 1. The van der Waals surface area contributed by atoms with Crippen LogP contribution in [0.25, 0.3) is 11.3 Å². The molecule has 2 N–H and O–H groups in total. The maximum Gasteiger partial charge on any atom is 0.416 e. The first-order chi connectivity index (χ1) is 19.1. The lowest BCUT2D eigenvalue weighted by molar-refractivity contribution is -0.138. The summed E-state index contributed by atoms with van der Waals surface area (Å²) in [5, 5.41) is 13.6. The standard InChI is InChI=1S/C29H25F4N3O3S/c30-24-7-2-1-6-23(24)25-18-40-28(35-25)36(15-13-19-4-3-5-22(16-19)29(31,32)33)17-20-8-10-21(11-9-20)27(39)34-14-12-26(37)38/h1-11,16,18H,12-15,17H2,(H,34,39)(H,37,38). The number of hydrogen-bond donors (Lipinski definition) is 2. The van der Waals surface area contributed by atoms with E-state index in [1.54, 1.807) is 53.9 Å². The molecule has 3 aromatic carbocycles. The molecule has 0 aliphatic carbocycles. The molecular weight excluding hydrogens is 546 g/mol. The predicted octanol–water partition coefficient (Wildman–Crippen LogP) is 6.42. The zero-order valence-electron chi connectivity index (χ0n) is 21.1. The van der Waals surface area contributed by atoms with Gasteiger partial charge in [-0.05, 0) is 47.9 Å². The molecule has 1 heterocycles. The van der Waals surface area contributed by atoms with Gasteiger partial charge < -0.3 is 15.3 Å². The average Bonchev–Trinajstić information content (AvgIpc) is 3.41. The molecule has 11 heteroatoms. The van der Waals surface area contributed by atoms with Gasteiger partial charge in [-0.2, -0.15) is 13.2 Å². The van der Waals surface area contributed by atoms with E-state index < -0.39 is 29.4 Å². The summed E-state index contributed by atoms with van der Waals surface area (Å²) in [5.41, 5.74) is 1.77. The van der Waals surface area contributed by atoms with Crippen LogP contribution in [0.2, 0.25) is 0 Å². The van der Waals surface area contributed by atoms with Gasteiger partial charge >= 0.3 is 12.1 Å². The molecule has 0 fully saturated rings. The number of halogens is 4. The smallest absolute Gasteiger partial charge is 0.416 e. The Labute approximate surface area is 231 Å². The summed E-state index contributed by atoms with van der Waals surface area (Å²) in [6, 6.07) is 18.2. The molecule has 4 rings (SSSR count). The first-order valence-electron chi connectivity index (χ1n) is 12.3. The minimum Gasteiger partial charge on any atom is -0.481 e. The fourth-order valence-electron chi connectivity index (χ4n) is 3.98. The fourth-order valence-corrected chi connectivity index (χ4v) is 4.83. The van der Waals surface area contributed by atoms with Gasteiger partial charge in [-0.25, -0.2) is 9.37 Å². The van der Waals surface area contributed by atoms with Gasteiger partial charge in [0.05, 0.1) is 17.7 Å². The maximum absolute atomic E-state index is 14.4. The number of carboxylic acids is 1. The Morgan fingerprint density at radius 1 is 0.975 bits per heavy atom. The van der Waals surface area contributed by atoms with Crippen LogP contribution < -0.4 is 10.2 Å². The molecule has 1 aromatic heterocycles. The van der Waals surface area contributed by atoms with Crippen LogP contribution in [0.15, 0.2) is 78.2 Å². The highest BCUT2D eigenvalue weighted by Crippen LogP contribution is 2.31. The molecule has 0 spiro atoms. The second-order valence-electron chi connectivity index (χ2n) is 8.96. The number of thiazole rings is 1. The Hall–Kier alpha value is -4.25. The van der Waals surface area contributed by atoms with Crippen LogP contribution in [0.5, 0.6) is 0 Å². The molecule has 0 atom stereocenters. The predicted molar refractivity (Wildman–Crippen MR) is 145 cm³/mol. The van der Waals surface area contributed by atoms with Crippen LogP contribution in [-0.2, 0) is 23.9 Å². The number of anilines is 1. The number of carbonyl (C=O) groups is 2. The highest BCUT2D eigenvalue weighted by Gasteiger charge is 2.30. The molecule has 0 radical (unpaired) electrons. The van der Waals surface area contributed by atoms with E-state index >= 15 is 0 Å². The van der Waals surface area contributed by atoms with Crippen LogP contribution in [0.3, 0.4) is 0 Å². The van der Waals surface area contributed by atoms with E-state index in [0.717, 1.165) is 17.7 Å². The van der Waals surface area contributed by atoms with Gasteiger partial charge in [-0.3, -0.25) is 9.59 Å². The molecule has 40 heavy (non-hydrogen) atoms. The van der Waals surface area contributed by atoms with Crippen molar-refractivity contribution in [2.45, 2.75) is 25.6 Å². The van der Waals surface area contributed by atoms with Crippen molar-refractivity contribution in [1.82, 2.24) is 10.3 Å². The van der Waals surface area contributed by atoms with Gasteiger partial charge in [0.15, 0.2) is 5.13 Å². The number of rotatable bonds is 11. The number of amides is 1. The minimum absolute atomic E-state index is 0.00756. The molecule has 4 aromatic rings. The summed E-state index contributed by atoms with van der Waals surface area (Å²) < 4.78 is 54.0. The lowest BCUT2D eigenvalue weighted by Gasteiger charge is -2.22. The molecule has 0 unspecified atom stereocenters. The van der Waals surface area contributed by atoms with Crippen LogP contribution in [0, 0.1) is 5.82 Å². The van der Waals surface area contributed by atoms with Crippen molar-refractivity contribution in [2.75, 3.05) is 18.0 Å². The Morgan fingerprint density at radius 2 is 1.73 bits per heavy atom. The van der Waals surface area contributed by atoms with Crippen LogP contribution in [0.4, 0.5) is 22.7 Å². The van der Waals surface area contributed by atoms with Crippen LogP contribution in [-0.4, -0.2) is 35.1 Å². The van der Waals surface area contributed by atoms with E-state index in [9.17, 15) is 27.2 Å². The third-order valence-corrected chi connectivity index (χ3v) is 6.95. The number of alkyl halides is 3. The summed E-state index contributed by atoms with van der Waals surface area (Å²) >= 11 is 1.30. The van der Waals surface area contributed by atoms with E-state index in [4.69, 9.17) is 5.11 Å². The van der Waals surface area contributed by atoms with Gasteiger partial charge in [-0.1, -0.05) is 42.5 Å². The maximum atomic E-state index is 14.4. The van der Waals surface area contributed by atoms with Gasteiger partial charge in [0.1, 0.15) is 5.82 Å². The van der Waals surface area contributed by atoms with Crippen molar-refractivity contribution in [1.29, 1.82) is 0 Å². The fraction of sp³-hybridized carbons (Fsp3) is 0.207. The van der Waals surface area contributed by atoms with E-state index in [1.807, 2.05) is 4.90 Å². The number of aromatic nitrogens is 1. The van der Waals surface area contributed by atoms with E-state index in [0.29, 0.717) is 47.0 Å². The summed E-state index contributed by atoms with van der Waals surface area (Å²) in [6.07, 6.45) is -4.32. The van der Waals surface area contributed by atoms with Gasteiger partial charge in [-0.15, -0.1) is 11.3 Å². The quantitative estimate of drug-likeness (QED) is 0.203. The second kappa shape index (κ2) is 12.7. The molecule has 0 bridgehead atoms. The van der Waals surface area contributed by atoms with E-state index in [2.05, 4.69) is 10.3 Å².